The summed E-state index contributed by atoms with van der Waals surface area (Å²) in [4.78, 5) is 24.9. The van der Waals surface area contributed by atoms with Gasteiger partial charge in [0.15, 0.2) is 0 Å². The van der Waals surface area contributed by atoms with Gasteiger partial charge in [-0.25, -0.2) is 0 Å². The van der Waals surface area contributed by atoms with Crippen molar-refractivity contribution in [2.75, 3.05) is 0 Å². The molecule has 0 radical (unpaired) electrons. The minimum atomic E-state index is 0.853. The minimum absolute atomic E-state index is 0.853. The van der Waals surface area contributed by atoms with Crippen molar-refractivity contribution >= 4 is 11.1 Å². The second-order valence-electron chi connectivity index (χ2n) is 9.58. The highest BCUT2D eigenvalue weighted by molar-refractivity contribution is 5.74. The molecule has 0 aliphatic carbocycles. The van der Waals surface area contributed by atoms with E-state index in [-0.39, 0.29) is 0 Å². The Kier molecular flexibility index (Phi) is 32.0. The second-order valence-corrected chi connectivity index (χ2v) is 9.58. The van der Waals surface area contributed by atoms with E-state index in [0.717, 1.165) is 45.3 Å². The first-order valence-corrected chi connectivity index (χ1v) is 17.3. The summed E-state index contributed by atoms with van der Waals surface area (Å²) in [5.74, 6) is 0. The molecule has 0 spiro atoms. The number of hydrogen-bond acceptors (Lipinski definition) is 6. The molecule has 52 heavy (non-hydrogen) atoms. The van der Waals surface area contributed by atoms with Crippen LogP contribution in [0.1, 0.15) is 75.7 Å². The van der Waals surface area contributed by atoms with Crippen LogP contribution in [-0.2, 0) is 0 Å². The summed E-state index contributed by atoms with van der Waals surface area (Å²) >= 11 is 0. The van der Waals surface area contributed by atoms with Crippen molar-refractivity contribution in [3.05, 3.63) is 219 Å². The predicted octanol–water partition coefficient (Wildman–Crippen LogP) is 12.3. The van der Waals surface area contributed by atoms with Gasteiger partial charge in [0, 0.05) is 59.7 Å². The van der Waals surface area contributed by atoms with E-state index in [1.807, 2.05) is 165 Å². The molecule has 0 amide bonds. The molecule has 0 atom stereocenters. The number of allylic oxidation sites excluding steroid dienone is 2. The molecule has 6 rings (SSSR count). The summed E-state index contributed by atoms with van der Waals surface area (Å²) < 4.78 is 0. The molecule has 272 valence electrons. The number of pyridine rings is 6. The largest absolute Gasteiger partial charge is 0.265 e. The lowest BCUT2D eigenvalue weighted by Crippen LogP contribution is -1.93. The van der Waals surface area contributed by atoms with E-state index < -0.39 is 0 Å². The van der Waals surface area contributed by atoms with E-state index in [0.29, 0.717) is 0 Å². The smallest absolute Gasteiger partial charge is 0.0720 e. The van der Waals surface area contributed by atoms with Gasteiger partial charge in [0.25, 0.3) is 0 Å². The van der Waals surface area contributed by atoms with Crippen LogP contribution in [0.2, 0.25) is 0 Å². The van der Waals surface area contributed by atoms with Gasteiger partial charge in [-0.2, -0.15) is 0 Å². The third-order valence-corrected chi connectivity index (χ3v) is 5.50. The third-order valence-electron chi connectivity index (χ3n) is 5.50. The monoisotopic (exact) mass is 694 g/mol. The Bertz CT molecular complexity index is 1620. The first-order valence-electron chi connectivity index (χ1n) is 17.3. The molecular weight excluding hydrogens is 637 g/mol. The fourth-order valence-electron chi connectivity index (χ4n) is 3.36. The van der Waals surface area contributed by atoms with Crippen LogP contribution in [0.3, 0.4) is 0 Å². The number of aryl methyl sites for hydroxylation is 2. The zero-order chi connectivity index (χ0) is 39.2. The molecule has 0 aliphatic heterocycles. The number of nitrogens with zero attached hydrogens (tertiary/aromatic N) is 6. The summed E-state index contributed by atoms with van der Waals surface area (Å²) in [7, 11) is 0. The van der Waals surface area contributed by atoms with Gasteiger partial charge in [0.05, 0.1) is 22.8 Å². The zero-order valence-corrected chi connectivity index (χ0v) is 32.5. The highest BCUT2D eigenvalue weighted by Gasteiger charge is 2.04. The molecule has 0 bridgehead atoms. The van der Waals surface area contributed by atoms with Gasteiger partial charge in [0.1, 0.15) is 0 Å². The summed E-state index contributed by atoms with van der Waals surface area (Å²) in [6.07, 6.45) is 14.1. The van der Waals surface area contributed by atoms with Gasteiger partial charge in [-0.1, -0.05) is 89.4 Å². The summed E-state index contributed by atoms with van der Waals surface area (Å²) in [6, 6.07) is 34.7. The number of aromatic nitrogens is 6. The van der Waals surface area contributed by atoms with E-state index in [9.17, 15) is 0 Å². The highest BCUT2D eigenvalue weighted by Crippen LogP contribution is 2.17. The Morgan fingerprint density at radius 3 is 1.00 bits per heavy atom. The van der Waals surface area contributed by atoms with E-state index >= 15 is 0 Å². The minimum Gasteiger partial charge on any atom is -0.265 e. The maximum Gasteiger partial charge on any atom is 0.0720 e. The maximum absolute atomic E-state index is 4.41. The molecule has 6 heteroatoms. The van der Waals surface area contributed by atoms with Crippen LogP contribution in [0.5, 0.6) is 0 Å². The molecule has 0 aliphatic rings. The molecular formula is C46H58N6. The van der Waals surface area contributed by atoms with Crippen molar-refractivity contribution in [1.82, 2.24) is 29.9 Å². The number of hydrogen-bond donors (Lipinski definition) is 0. The van der Waals surface area contributed by atoms with Gasteiger partial charge in [0.2, 0.25) is 0 Å². The second kappa shape index (κ2) is 34.7. The normalized spacial score (nSPS) is 8.31. The highest BCUT2D eigenvalue weighted by atomic mass is 14.7. The molecule has 6 nitrogen and oxygen atoms in total. The van der Waals surface area contributed by atoms with Crippen LogP contribution < -0.4 is 0 Å². The molecule has 0 aromatic carbocycles. The molecule has 0 fully saturated rings. The van der Waals surface area contributed by atoms with Crippen molar-refractivity contribution in [2.45, 2.75) is 55.4 Å². The number of rotatable bonds is 4. The van der Waals surface area contributed by atoms with Gasteiger partial charge in [-0.05, 0) is 100 Å². The van der Waals surface area contributed by atoms with Crippen LogP contribution in [-0.4, -0.2) is 29.9 Å². The van der Waals surface area contributed by atoms with Gasteiger partial charge >= 0.3 is 0 Å². The summed E-state index contributed by atoms with van der Waals surface area (Å²) in [6.45, 7) is 30.4. The lowest BCUT2D eigenvalue weighted by molar-refractivity contribution is 1.16. The lowest BCUT2D eigenvalue weighted by atomic mass is 10.1. The maximum atomic E-state index is 4.41. The quantitative estimate of drug-likeness (QED) is 0.171. The molecule has 0 N–H and O–H groups in total. The SMILES string of the molecule is C=C(c1ccccn1)c1cccc(C)n1.C=C(c1ccccn1)c1ccccn1.C=CC.C=CC.CC.CC.Cc1ccccn1.c1ccncc1. The Balaban J connectivity index is 0. The Labute approximate surface area is 314 Å². The Morgan fingerprint density at radius 1 is 0.423 bits per heavy atom. The van der Waals surface area contributed by atoms with E-state index in [1.165, 1.54) is 0 Å². The van der Waals surface area contributed by atoms with E-state index in [2.05, 4.69) is 56.2 Å². The zero-order valence-electron chi connectivity index (χ0n) is 32.5. The van der Waals surface area contributed by atoms with Crippen molar-refractivity contribution in [2.24, 2.45) is 0 Å². The lowest BCUT2D eigenvalue weighted by Gasteiger charge is -2.04. The van der Waals surface area contributed by atoms with Gasteiger partial charge in [-0.3, -0.25) is 29.9 Å². The fraction of sp³-hybridized carbons (Fsp3) is 0.174. The van der Waals surface area contributed by atoms with Crippen molar-refractivity contribution < 1.29 is 0 Å². The topological polar surface area (TPSA) is 77.3 Å². The molecule has 0 unspecified atom stereocenters. The Hall–Kier alpha value is -6.14. The van der Waals surface area contributed by atoms with Crippen LogP contribution in [0, 0.1) is 13.8 Å². The molecule has 6 aromatic rings. The van der Waals surface area contributed by atoms with Crippen LogP contribution >= 0.6 is 0 Å². The molecule has 0 saturated heterocycles. The summed E-state index contributed by atoms with van der Waals surface area (Å²) in [5, 5.41) is 0. The summed E-state index contributed by atoms with van der Waals surface area (Å²) in [5.41, 5.74) is 7.26. The Morgan fingerprint density at radius 2 is 0.750 bits per heavy atom. The van der Waals surface area contributed by atoms with Crippen LogP contribution in [0.15, 0.2) is 185 Å². The van der Waals surface area contributed by atoms with E-state index in [4.69, 9.17) is 0 Å². The standard InChI is InChI=1S/C13H12N2.C12H10N2.C6H7N.C5H5N.2C3H6.2C2H6/c1-10-6-5-8-13(15-10)11(2)12-7-3-4-9-14-12;1-10(11-6-2-4-8-13-11)12-7-3-5-9-14-12;1-6-4-2-3-5-7-6;1-2-4-6-5-3-1;2*1-3-2;2*1-2/h3-9H,2H2,1H3;2-9H,1H2;2-5H,1H3;1-5H;2*3H,1H2,2H3;2*1-2H3. The van der Waals surface area contributed by atoms with Crippen molar-refractivity contribution in [3.63, 3.8) is 0 Å². The van der Waals surface area contributed by atoms with Gasteiger partial charge in [-0.15, -0.1) is 13.2 Å². The third kappa shape index (κ3) is 24.1. The van der Waals surface area contributed by atoms with Crippen LogP contribution in [0.4, 0.5) is 0 Å². The average Bonchev–Trinajstić information content (AvgIpc) is 3.22. The first-order chi connectivity index (χ1) is 25.4. The van der Waals surface area contributed by atoms with Crippen molar-refractivity contribution in [3.8, 4) is 0 Å². The van der Waals surface area contributed by atoms with Crippen molar-refractivity contribution in [1.29, 1.82) is 0 Å². The molecule has 0 saturated carbocycles. The van der Waals surface area contributed by atoms with E-state index in [1.54, 1.807) is 49.3 Å². The average molecular weight is 695 g/mol. The van der Waals surface area contributed by atoms with Crippen LogP contribution in [0.25, 0.3) is 11.1 Å². The predicted molar refractivity (Wildman–Crippen MR) is 226 cm³/mol. The fourth-order valence-corrected chi connectivity index (χ4v) is 3.36. The molecule has 6 aromatic heterocycles. The molecule has 6 heterocycles. The first kappa shape index (κ1) is 48.0. The van der Waals surface area contributed by atoms with Gasteiger partial charge < -0.3 is 0 Å².